The third-order valence-corrected chi connectivity index (χ3v) is 5.04. The lowest BCUT2D eigenvalue weighted by molar-refractivity contribution is -0.329. The highest BCUT2D eigenvalue weighted by Crippen LogP contribution is 2.47. The Kier molecular flexibility index (Phi) is 5.80. The number of hydrogen-bond donors (Lipinski definition) is 3. The number of alkyl halides is 3. The van der Waals surface area contributed by atoms with Crippen molar-refractivity contribution < 1.29 is 23.4 Å². The van der Waals surface area contributed by atoms with Crippen LogP contribution in [0.3, 0.4) is 0 Å². The lowest BCUT2D eigenvalue weighted by Gasteiger charge is -2.46. The lowest BCUT2D eigenvalue weighted by Crippen LogP contribution is -2.70. The molecule has 0 unspecified atom stereocenters. The Hall–Kier alpha value is -2.67. The van der Waals surface area contributed by atoms with Gasteiger partial charge in [-0.05, 0) is 23.6 Å². The van der Waals surface area contributed by atoms with E-state index in [0.29, 0.717) is 5.56 Å². The number of benzene rings is 3. The second-order valence-corrected chi connectivity index (χ2v) is 6.93. The fraction of sp³-hybridized carbons (Fsp3) is 0.217. The third kappa shape index (κ3) is 3.79. The second-order valence-electron chi connectivity index (χ2n) is 6.93. The summed E-state index contributed by atoms with van der Waals surface area (Å²) in [4.78, 5) is 0. The number of nitrogens with one attached hydrogen (secondary N) is 1. The first-order valence-corrected chi connectivity index (χ1v) is 9.15. The van der Waals surface area contributed by atoms with E-state index in [4.69, 9.17) is 0 Å². The van der Waals surface area contributed by atoms with E-state index in [1.807, 2.05) is 0 Å². The van der Waals surface area contributed by atoms with Gasteiger partial charge >= 0.3 is 6.18 Å². The molecule has 3 nitrogen and oxygen atoms in total. The molecule has 3 rings (SSSR count). The SMILES string of the molecule is C[C@@H](N[C@@](O)(C(F)(F)F)C(O)(c1ccccc1)c1ccccc1)c1ccccc1. The van der Waals surface area contributed by atoms with Crippen molar-refractivity contribution in [3.63, 3.8) is 0 Å². The summed E-state index contributed by atoms with van der Waals surface area (Å²) in [5.41, 5.74) is -6.09. The maximum atomic E-state index is 14.4. The minimum Gasteiger partial charge on any atom is -0.375 e. The highest BCUT2D eigenvalue weighted by molar-refractivity contribution is 5.40. The van der Waals surface area contributed by atoms with Crippen LogP contribution in [0.25, 0.3) is 0 Å². The van der Waals surface area contributed by atoms with Crippen LogP contribution in [0.1, 0.15) is 29.7 Å². The lowest BCUT2D eigenvalue weighted by atomic mass is 9.76. The molecule has 0 saturated heterocycles. The fourth-order valence-corrected chi connectivity index (χ4v) is 3.47. The molecular formula is C23H22F3NO2. The van der Waals surface area contributed by atoms with Gasteiger partial charge in [-0.1, -0.05) is 91.0 Å². The van der Waals surface area contributed by atoms with Crippen molar-refractivity contribution in [2.45, 2.75) is 30.5 Å². The van der Waals surface area contributed by atoms with Crippen LogP contribution in [0, 0.1) is 0 Å². The fourth-order valence-electron chi connectivity index (χ4n) is 3.47. The molecule has 6 heteroatoms. The summed E-state index contributed by atoms with van der Waals surface area (Å²) < 4.78 is 43.1. The molecule has 0 amide bonds. The first-order chi connectivity index (χ1) is 13.7. The van der Waals surface area contributed by atoms with Crippen LogP contribution in [0.2, 0.25) is 0 Å². The van der Waals surface area contributed by atoms with E-state index in [1.54, 1.807) is 42.5 Å². The predicted octanol–water partition coefficient (Wildman–Crippen LogP) is 4.52. The number of halogens is 3. The topological polar surface area (TPSA) is 52.5 Å². The first-order valence-electron chi connectivity index (χ1n) is 9.15. The Morgan fingerprint density at radius 3 is 1.45 bits per heavy atom. The van der Waals surface area contributed by atoms with E-state index in [1.165, 1.54) is 55.5 Å². The van der Waals surface area contributed by atoms with E-state index in [0.717, 1.165) is 0 Å². The van der Waals surface area contributed by atoms with Gasteiger partial charge in [0.25, 0.3) is 5.72 Å². The molecule has 3 N–H and O–H groups in total. The molecule has 0 fully saturated rings. The highest BCUT2D eigenvalue weighted by Gasteiger charge is 2.68. The molecule has 0 radical (unpaired) electrons. The minimum absolute atomic E-state index is 0.0845. The van der Waals surface area contributed by atoms with Crippen molar-refractivity contribution in [2.24, 2.45) is 0 Å². The summed E-state index contributed by atoms with van der Waals surface area (Å²) in [6.07, 6.45) is -5.20. The van der Waals surface area contributed by atoms with Gasteiger partial charge in [-0.2, -0.15) is 13.2 Å². The molecule has 3 aromatic carbocycles. The molecule has 0 aliphatic rings. The molecule has 152 valence electrons. The Labute approximate surface area is 167 Å². The number of hydrogen-bond acceptors (Lipinski definition) is 3. The van der Waals surface area contributed by atoms with Crippen molar-refractivity contribution in [3.05, 3.63) is 108 Å². The summed E-state index contributed by atoms with van der Waals surface area (Å²) in [6, 6.07) is 22.3. The van der Waals surface area contributed by atoms with Crippen LogP contribution in [-0.4, -0.2) is 22.1 Å². The highest BCUT2D eigenvalue weighted by atomic mass is 19.4. The van der Waals surface area contributed by atoms with Crippen LogP contribution in [0.4, 0.5) is 13.2 Å². The first kappa shape index (κ1) is 21.0. The van der Waals surface area contributed by atoms with E-state index < -0.39 is 23.5 Å². The normalized spacial score (nSPS) is 15.5. The third-order valence-electron chi connectivity index (χ3n) is 5.04. The molecule has 0 aliphatic carbocycles. The number of rotatable bonds is 6. The molecule has 0 spiro atoms. The van der Waals surface area contributed by atoms with Gasteiger partial charge in [-0.15, -0.1) is 0 Å². The molecule has 0 aromatic heterocycles. The monoisotopic (exact) mass is 401 g/mol. The van der Waals surface area contributed by atoms with Crippen molar-refractivity contribution in [1.29, 1.82) is 0 Å². The van der Waals surface area contributed by atoms with Crippen LogP contribution in [0.5, 0.6) is 0 Å². The molecule has 2 atom stereocenters. The van der Waals surface area contributed by atoms with Gasteiger partial charge in [-0.25, -0.2) is 0 Å². The van der Waals surface area contributed by atoms with Gasteiger partial charge in [0.15, 0.2) is 5.60 Å². The van der Waals surface area contributed by atoms with Crippen LogP contribution < -0.4 is 5.32 Å². The zero-order chi connectivity index (χ0) is 21.1. The van der Waals surface area contributed by atoms with Crippen LogP contribution in [0.15, 0.2) is 91.0 Å². The van der Waals surface area contributed by atoms with Crippen molar-refractivity contribution in [1.82, 2.24) is 5.32 Å². The Balaban J connectivity index is 2.20. The number of aliphatic hydroxyl groups is 2. The smallest absolute Gasteiger partial charge is 0.375 e. The summed E-state index contributed by atoms with van der Waals surface area (Å²) in [6.45, 7) is 1.50. The molecule has 0 aliphatic heterocycles. The van der Waals surface area contributed by atoms with Crippen LogP contribution >= 0.6 is 0 Å². The molecule has 0 bridgehead atoms. The maximum Gasteiger partial charge on any atom is 0.434 e. The zero-order valence-corrected chi connectivity index (χ0v) is 15.8. The minimum atomic E-state index is -5.20. The van der Waals surface area contributed by atoms with E-state index in [2.05, 4.69) is 5.32 Å². The largest absolute Gasteiger partial charge is 0.434 e. The molecule has 0 heterocycles. The average Bonchev–Trinajstić information content (AvgIpc) is 2.74. The Bertz CT molecular complexity index is 878. The van der Waals surface area contributed by atoms with Gasteiger partial charge in [0.1, 0.15) is 0 Å². The van der Waals surface area contributed by atoms with Crippen molar-refractivity contribution in [2.75, 3.05) is 0 Å². The summed E-state index contributed by atoms with van der Waals surface area (Å²) >= 11 is 0. The predicted molar refractivity (Wildman–Crippen MR) is 105 cm³/mol. The van der Waals surface area contributed by atoms with Crippen molar-refractivity contribution in [3.8, 4) is 0 Å². The maximum absolute atomic E-state index is 14.4. The van der Waals surface area contributed by atoms with E-state index in [9.17, 15) is 23.4 Å². The Morgan fingerprint density at radius 1 is 0.690 bits per heavy atom. The van der Waals surface area contributed by atoms with Gasteiger partial charge in [0.05, 0.1) is 0 Å². The molecule has 3 aromatic rings. The zero-order valence-electron chi connectivity index (χ0n) is 15.8. The molecular weight excluding hydrogens is 379 g/mol. The van der Waals surface area contributed by atoms with Gasteiger partial charge < -0.3 is 10.2 Å². The van der Waals surface area contributed by atoms with E-state index >= 15 is 0 Å². The second kappa shape index (κ2) is 7.99. The van der Waals surface area contributed by atoms with Gasteiger partial charge in [0, 0.05) is 6.04 Å². The van der Waals surface area contributed by atoms with Crippen molar-refractivity contribution >= 4 is 0 Å². The van der Waals surface area contributed by atoms with Gasteiger partial charge in [-0.3, -0.25) is 5.32 Å². The quantitative estimate of drug-likeness (QED) is 0.532. The summed E-state index contributed by atoms with van der Waals surface area (Å²) in [5, 5.41) is 25.0. The van der Waals surface area contributed by atoms with Gasteiger partial charge in [0.2, 0.25) is 0 Å². The summed E-state index contributed by atoms with van der Waals surface area (Å²) in [7, 11) is 0. The Morgan fingerprint density at radius 2 is 1.07 bits per heavy atom. The molecule has 29 heavy (non-hydrogen) atoms. The van der Waals surface area contributed by atoms with E-state index in [-0.39, 0.29) is 11.1 Å². The van der Waals surface area contributed by atoms with Crippen LogP contribution in [-0.2, 0) is 5.60 Å². The summed E-state index contributed by atoms with van der Waals surface area (Å²) in [5.74, 6) is 0. The molecule has 0 saturated carbocycles. The standard InChI is InChI=1S/C23H22F3NO2/c1-17(18-11-5-2-6-12-18)27-22(29,23(24,25)26)21(28,19-13-7-3-8-14-19)20-15-9-4-10-16-20/h2-17,27-29H,1H3/t17-,22+/m1/s1. The average molecular weight is 401 g/mol.